The molecule has 25 heavy (non-hydrogen) atoms. The molecule has 3 aromatic rings. The molecule has 1 saturated heterocycles. The minimum absolute atomic E-state index is 0.0156. The van der Waals surface area contributed by atoms with Crippen LogP contribution in [0.4, 0.5) is 0 Å². The fraction of sp³-hybridized carbons (Fsp3) is 0.263. The monoisotopic (exact) mass is 355 g/mol. The van der Waals surface area contributed by atoms with Gasteiger partial charge in [0.25, 0.3) is 0 Å². The topological polar surface area (TPSA) is 63.7 Å². The number of sulfone groups is 1. The minimum atomic E-state index is -3.28. The van der Waals surface area contributed by atoms with Gasteiger partial charge in [-0.25, -0.2) is 8.42 Å². The van der Waals surface area contributed by atoms with E-state index in [1.54, 1.807) is 24.9 Å². The maximum Gasteiger partial charge on any atom is 0.183 e. The molecular formula is C19H17NO4S. The van der Waals surface area contributed by atoms with Crippen LogP contribution in [0.5, 0.6) is 0 Å². The average Bonchev–Trinajstić information content (AvgIpc) is 3.37. The summed E-state index contributed by atoms with van der Waals surface area (Å²) in [7, 11) is -3.28. The SMILES string of the molecule is O=S1(=O)c2ccc(-c3ccco3)cc2[C@@H]2CN(Cc3ccoc3)C[C@@H]21. The molecule has 2 aliphatic rings. The van der Waals surface area contributed by atoms with Gasteiger partial charge in [0.05, 0.1) is 28.9 Å². The molecule has 5 rings (SSSR count). The van der Waals surface area contributed by atoms with E-state index in [0.717, 1.165) is 29.0 Å². The fourth-order valence-corrected chi connectivity index (χ4v) is 6.29. The molecule has 0 unspecified atom stereocenters. The molecule has 2 atom stereocenters. The molecule has 4 heterocycles. The van der Waals surface area contributed by atoms with Crippen LogP contribution in [-0.4, -0.2) is 31.7 Å². The lowest BCUT2D eigenvalue weighted by molar-refractivity contribution is 0.324. The third kappa shape index (κ3) is 2.28. The van der Waals surface area contributed by atoms with Gasteiger partial charge in [-0.1, -0.05) is 0 Å². The van der Waals surface area contributed by atoms with Gasteiger partial charge in [-0.15, -0.1) is 0 Å². The molecule has 0 spiro atoms. The Hall–Kier alpha value is -2.31. The van der Waals surface area contributed by atoms with Crippen LogP contribution in [0.25, 0.3) is 11.3 Å². The standard InChI is InChI=1S/C19H17NO4S/c21-25(22)18-4-3-14(17-2-1-6-24-17)8-15(18)16-10-20(11-19(16)25)9-13-5-7-23-12-13/h1-8,12,16,19H,9-11H2/t16-,19-/m0/s1. The first-order chi connectivity index (χ1) is 12.1. The van der Waals surface area contributed by atoms with Gasteiger partial charge >= 0.3 is 0 Å². The second-order valence-electron chi connectivity index (χ2n) is 6.75. The summed E-state index contributed by atoms with van der Waals surface area (Å²) in [5, 5.41) is -0.360. The van der Waals surface area contributed by atoms with Gasteiger partial charge in [0.15, 0.2) is 9.84 Å². The molecule has 1 aromatic carbocycles. The summed E-state index contributed by atoms with van der Waals surface area (Å²) in [6.45, 7) is 2.01. The third-order valence-corrected chi connectivity index (χ3v) is 7.51. The molecular weight excluding hydrogens is 338 g/mol. The quantitative estimate of drug-likeness (QED) is 0.721. The molecule has 0 aliphatic carbocycles. The summed E-state index contributed by atoms with van der Waals surface area (Å²) in [5.74, 6) is 0.777. The number of fused-ring (bicyclic) bond motifs is 3. The molecule has 0 saturated carbocycles. The Morgan fingerprint density at radius 3 is 2.80 bits per heavy atom. The summed E-state index contributed by atoms with van der Waals surface area (Å²) < 4.78 is 36.5. The zero-order valence-electron chi connectivity index (χ0n) is 13.5. The number of nitrogens with zero attached hydrogens (tertiary/aromatic N) is 1. The molecule has 2 aromatic heterocycles. The molecule has 0 amide bonds. The molecule has 0 radical (unpaired) electrons. The number of hydrogen-bond acceptors (Lipinski definition) is 5. The van der Waals surface area contributed by atoms with E-state index in [2.05, 4.69) is 4.90 Å². The second-order valence-corrected chi connectivity index (χ2v) is 8.88. The van der Waals surface area contributed by atoms with Crippen LogP contribution in [0.15, 0.2) is 68.9 Å². The predicted molar refractivity (Wildman–Crippen MR) is 91.8 cm³/mol. The summed E-state index contributed by atoms with van der Waals surface area (Å²) in [4.78, 5) is 2.68. The molecule has 1 fully saturated rings. The van der Waals surface area contributed by atoms with Gasteiger partial charge in [0.2, 0.25) is 0 Å². The van der Waals surface area contributed by atoms with Crippen molar-refractivity contribution in [3.63, 3.8) is 0 Å². The molecule has 0 bridgehead atoms. The highest BCUT2D eigenvalue weighted by molar-refractivity contribution is 7.92. The normalized spacial score (nSPS) is 24.3. The zero-order chi connectivity index (χ0) is 17.0. The van der Waals surface area contributed by atoms with E-state index in [4.69, 9.17) is 8.83 Å². The zero-order valence-corrected chi connectivity index (χ0v) is 14.3. The van der Waals surface area contributed by atoms with Crippen molar-refractivity contribution in [2.24, 2.45) is 0 Å². The van der Waals surface area contributed by atoms with Gasteiger partial charge in [-0.05, 0) is 42.0 Å². The molecule has 128 valence electrons. The van der Waals surface area contributed by atoms with E-state index in [0.29, 0.717) is 18.0 Å². The van der Waals surface area contributed by atoms with Crippen LogP contribution in [0.1, 0.15) is 17.0 Å². The molecule has 5 nitrogen and oxygen atoms in total. The highest BCUT2D eigenvalue weighted by Gasteiger charge is 2.50. The lowest BCUT2D eigenvalue weighted by Crippen LogP contribution is -2.25. The van der Waals surface area contributed by atoms with Crippen molar-refractivity contribution in [3.8, 4) is 11.3 Å². The van der Waals surface area contributed by atoms with Gasteiger partial charge in [-0.3, -0.25) is 4.90 Å². The number of benzene rings is 1. The largest absolute Gasteiger partial charge is 0.472 e. The van der Waals surface area contributed by atoms with Crippen molar-refractivity contribution < 1.29 is 17.3 Å². The van der Waals surface area contributed by atoms with E-state index >= 15 is 0 Å². The Bertz CT molecular complexity index is 1010. The van der Waals surface area contributed by atoms with Crippen molar-refractivity contribution in [2.75, 3.05) is 13.1 Å². The first-order valence-corrected chi connectivity index (χ1v) is 9.83. The highest BCUT2D eigenvalue weighted by Crippen LogP contribution is 2.46. The summed E-state index contributed by atoms with van der Waals surface area (Å²) in [6, 6.07) is 11.2. The smallest absolute Gasteiger partial charge is 0.183 e. The van der Waals surface area contributed by atoms with Crippen LogP contribution in [0.3, 0.4) is 0 Å². The van der Waals surface area contributed by atoms with Gasteiger partial charge in [0, 0.05) is 36.7 Å². The Labute approximate surface area is 145 Å². The highest BCUT2D eigenvalue weighted by atomic mass is 32.2. The van der Waals surface area contributed by atoms with Crippen LogP contribution >= 0.6 is 0 Å². The number of furan rings is 2. The van der Waals surface area contributed by atoms with Crippen molar-refractivity contribution >= 4 is 9.84 Å². The minimum Gasteiger partial charge on any atom is -0.472 e. The van der Waals surface area contributed by atoms with Crippen molar-refractivity contribution in [1.82, 2.24) is 4.90 Å². The summed E-state index contributed by atoms with van der Waals surface area (Å²) in [6.07, 6.45) is 4.99. The van der Waals surface area contributed by atoms with Crippen molar-refractivity contribution in [3.05, 3.63) is 66.3 Å². The predicted octanol–water partition coefficient (Wildman–Crippen LogP) is 3.29. The van der Waals surface area contributed by atoms with E-state index in [1.165, 1.54) is 0 Å². The first kappa shape index (κ1) is 15.0. The molecule has 0 N–H and O–H groups in total. The summed E-state index contributed by atoms with van der Waals surface area (Å²) >= 11 is 0. The maximum absolute atomic E-state index is 12.9. The third-order valence-electron chi connectivity index (χ3n) is 5.25. The Morgan fingerprint density at radius 2 is 2.04 bits per heavy atom. The van der Waals surface area contributed by atoms with Crippen molar-refractivity contribution in [2.45, 2.75) is 22.6 Å². The van der Waals surface area contributed by atoms with E-state index in [1.807, 2.05) is 30.3 Å². The van der Waals surface area contributed by atoms with Crippen molar-refractivity contribution in [1.29, 1.82) is 0 Å². The number of rotatable bonds is 3. The molecule has 6 heteroatoms. The van der Waals surface area contributed by atoms with E-state index in [-0.39, 0.29) is 11.2 Å². The Balaban J connectivity index is 1.51. The van der Waals surface area contributed by atoms with Gasteiger partial charge in [-0.2, -0.15) is 0 Å². The van der Waals surface area contributed by atoms with Gasteiger partial charge in [0.1, 0.15) is 5.76 Å². The first-order valence-electron chi connectivity index (χ1n) is 8.28. The number of hydrogen-bond donors (Lipinski definition) is 0. The fourth-order valence-electron chi connectivity index (χ4n) is 4.09. The summed E-state index contributed by atoms with van der Waals surface area (Å²) in [5.41, 5.74) is 2.92. The van der Waals surface area contributed by atoms with Crippen LogP contribution in [0.2, 0.25) is 0 Å². The van der Waals surface area contributed by atoms with Crippen LogP contribution < -0.4 is 0 Å². The lowest BCUT2D eigenvalue weighted by Gasteiger charge is -2.16. The Morgan fingerprint density at radius 1 is 1.12 bits per heavy atom. The van der Waals surface area contributed by atoms with Crippen LogP contribution in [0, 0.1) is 0 Å². The lowest BCUT2D eigenvalue weighted by atomic mass is 9.96. The van der Waals surface area contributed by atoms with Gasteiger partial charge < -0.3 is 8.83 Å². The number of likely N-dealkylation sites (tertiary alicyclic amines) is 1. The second kappa shape index (κ2) is 5.34. The Kier molecular flexibility index (Phi) is 3.20. The average molecular weight is 355 g/mol. The van der Waals surface area contributed by atoms with E-state index < -0.39 is 9.84 Å². The maximum atomic E-state index is 12.9. The van der Waals surface area contributed by atoms with Crippen LogP contribution in [-0.2, 0) is 16.4 Å². The van der Waals surface area contributed by atoms with E-state index in [9.17, 15) is 8.42 Å². The molecule has 2 aliphatic heterocycles.